The number of halogens is 1. The first kappa shape index (κ1) is 25.3. The van der Waals surface area contributed by atoms with Crippen LogP contribution in [0.2, 0.25) is 0 Å². The standard InChI is InChI=1S/C33H21BrN2O5/c34-22-14-9-20(10-15-22)28-29(30(37)21-11-16-23(17-12-21)36(40)41)35-26-8-4-1-5-19(26)13-18-27(35)33(28)31(38)24-6-2-3-7-25(24)32(33)39/h1-18,27-29H. The zero-order chi connectivity index (χ0) is 28.5. The zero-order valence-corrected chi connectivity index (χ0v) is 23.0. The van der Waals surface area contributed by atoms with Gasteiger partial charge in [-0.2, -0.15) is 0 Å². The Morgan fingerprint density at radius 3 is 2.07 bits per heavy atom. The molecule has 41 heavy (non-hydrogen) atoms. The van der Waals surface area contributed by atoms with Gasteiger partial charge in [-0.25, -0.2) is 0 Å². The predicted octanol–water partition coefficient (Wildman–Crippen LogP) is 6.67. The van der Waals surface area contributed by atoms with E-state index in [-0.39, 0.29) is 28.6 Å². The van der Waals surface area contributed by atoms with E-state index in [1.54, 1.807) is 24.3 Å². The summed E-state index contributed by atoms with van der Waals surface area (Å²) in [5.74, 6) is -1.77. The maximum Gasteiger partial charge on any atom is 0.269 e. The van der Waals surface area contributed by atoms with Gasteiger partial charge < -0.3 is 4.90 Å². The van der Waals surface area contributed by atoms with Gasteiger partial charge in [0.05, 0.1) is 11.0 Å². The van der Waals surface area contributed by atoms with E-state index in [2.05, 4.69) is 15.9 Å². The predicted molar refractivity (Wildman–Crippen MR) is 157 cm³/mol. The highest BCUT2D eigenvalue weighted by Crippen LogP contribution is 2.61. The summed E-state index contributed by atoms with van der Waals surface area (Å²) >= 11 is 3.48. The Bertz CT molecular complexity index is 1780. The van der Waals surface area contributed by atoms with Crippen LogP contribution >= 0.6 is 15.9 Å². The number of benzene rings is 4. The second-order valence-electron chi connectivity index (χ2n) is 10.5. The van der Waals surface area contributed by atoms with Crippen LogP contribution in [0.1, 0.15) is 48.1 Å². The van der Waals surface area contributed by atoms with Crippen LogP contribution in [0.3, 0.4) is 0 Å². The Morgan fingerprint density at radius 1 is 0.829 bits per heavy atom. The van der Waals surface area contributed by atoms with Crippen LogP contribution in [0, 0.1) is 15.5 Å². The number of carbonyl (C=O) groups is 3. The minimum Gasteiger partial charge on any atom is -0.352 e. The molecule has 4 aromatic carbocycles. The van der Waals surface area contributed by atoms with Crippen LogP contribution in [0.4, 0.5) is 11.4 Å². The van der Waals surface area contributed by atoms with Gasteiger partial charge in [0.2, 0.25) is 0 Å². The van der Waals surface area contributed by atoms with Crippen molar-refractivity contribution in [1.82, 2.24) is 0 Å². The summed E-state index contributed by atoms with van der Waals surface area (Å²) in [6.45, 7) is 0. The highest BCUT2D eigenvalue weighted by molar-refractivity contribution is 9.10. The number of nitro groups is 1. The molecule has 3 atom stereocenters. The average Bonchev–Trinajstić information content (AvgIpc) is 3.43. The molecule has 8 heteroatoms. The molecule has 3 unspecified atom stereocenters. The summed E-state index contributed by atoms with van der Waals surface area (Å²) in [5, 5.41) is 11.3. The third kappa shape index (κ3) is 3.47. The van der Waals surface area contributed by atoms with Crippen molar-refractivity contribution < 1.29 is 19.3 Å². The fourth-order valence-electron chi connectivity index (χ4n) is 6.88. The van der Waals surface area contributed by atoms with E-state index in [0.29, 0.717) is 16.7 Å². The number of carbonyl (C=O) groups excluding carboxylic acids is 3. The second-order valence-corrected chi connectivity index (χ2v) is 11.4. The molecule has 0 radical (unpaired) electrons. The number of para-hydroxylation sites is 1. The van der Waals surface area contributed by atoms with E-state index >= 15 is 0 Å². The van der Waals surface area contributed by atoms with Gasteiger partial charge in [0.15, 0.2) is 17.3 Å². The summed E-state index contributed by atoms with van der Waals surface area (Å²) in [5.41, 5.74) is 1.55. The summed E-state index contributed by atoms with van der Waals surface area (Å²) in [6, 6.07) is 25.6. The number of Topliss-reactive ketones (excluding diaryl/α,β-unsaturated/α-hetero) is 3. The summed E-state index contributed by atoms with van der Waals surface area (Å²) in [4.78, 5) is 56.5. The molecule has 1 saturated heterocycles. The Hall–Kier alpha value is -4.69. The minimum atomic E-state index is -1.59. The van der Waals surface area contributed by atoms with Crippen LogP contribution in [0.5, 0.6) is 0 Å². The van der Waals surface area contributed by atoms with Gasteiger partial charge in [-0.1, -0.05) is 82.7 Å². The molecule has 7 nitrogen and oxygen atoms in total. The van der Waals surface area contributed by atoms with Crippen molar-refractivity contribution in [2.24, 2.45) is 5.41 Å². The van der Waals surface area contributed by atoms with Crippen molar-refractivity contribution in [3.63, 3.8) is 0 Å². The maximum atomic E-state index is 14.6. The second kappa shape index (κ2) is 9.17. The first-order chi connectivity index (χ1) is 19.8. The fourth-order valence-corrected chi connectivity index (χ4v) is 7.14. The topological polar surface area (TPSA) is 97.6 Å². The number of non-ortho nitro benzene ring substituents is 1. The van der Waals surface area contributed by atoms with E-state index in [9.17, 15) is 24.5 Å². The van der Waals surface area contributed by atoms with Crippen molar-refractivity contribution in [3.05, 3.63) is 146 Å². The Balaban J connectivity index is 1.52. The molecule has 0 bridgehead atoms. The lowest BCUT2D eigenvalue weighted by molar-refractivity contribution is -0.384. The van der Waals surface area contributed by atoms with Crippen LogP contribution < -0.4 is 4.90 Å². The van der Waals surface area contributed by atoms with Gasteiger partial charge in [0.1, 0.15) is 11.5 Å². The van der Waals surface area contributed by atoms with Crippen LogP contribution in [0.15, 0.2) is 108 Å². The Kier molecular flexibility index (Phi) is 5.66. The molecular weight excluding hydrogens is 584 g/mol. The molecular formula is C33H21BrN2O5. The lowest BCUT2D eigenvalue weighted by Crippen LogP contribution is -2.48. The molecule has 0 amide bonds. The van der Waals surface area contributed by atoms with Crippen molar-refractivity contribution in [2.75, 3.05) is 4.90 Å². The molecule has 2 heterocycles. The molecule has 0 aromatic heterocycles. The molecule has 3 aliphatic rings. The third-order valence-corrected chi connectivity index (χ3v) is 9.10. The van der Waals surface area contributed by atoms with Crippen LogP contribution in [0.25, 0.3) is 6.08 Å². The average molecular weight is 605 g/mol. The summed E-state index contributed by atoms with van der Waals surface area (Å²) in [7, 11) is 0. The Labute approximate surface area is 243 Å². The molecule has 0 saturated carbocycles. The number of ketones is 3. The monoisotopic (exact) mass is 604 g/mol. The van der Waals surface area contributed by atoms with Gasteiger partial charge >= 0.3 is 0 Å². The molecule has 1 fully saturated rings. The van der Waals surface area contributed by atoms with Gasteiger partial charge in [0, 0.05) is 44.9 Å². The fraction of sp³-hybridized carbons (Fsp3) is 0.121. The van der Waals surface area contributed by atoms with Crippen molar-refractivity contribution >= 4 is 50.7 Å². The third-order valence-electron chi connectivity index (χ3n) is 8.57. The first-order valence-electron chi connectivity index (χ1n) is 13.1. The summed E-state index contributed by atoms with van der Waals surface area (Å²) < 4.78 is 0.821. The van der Waals surface area contributed by atoms with Crippen LogP contribution in [-0.4, -0.2) is 34.4 Å². The maximum absolute atomic E-state index is 14.6. The van der Waals surface area contributed by atoms with E-state index in [1.165, 1.54) is 24.3 Å². The van der Waals surface area contributed by atoms with E-state index in [4.69, 9.17) is 0 Å². The van der Waals surface area contributed by atoms with Gasteiger partial charge in [-0.05, 0) is 41.5 Å². The summed E-state index contributed by atoms with van der Waals surface area (Å²) in [6.07, 6.45) is 3.79. The number of anilines is 1. The van der Waals surface area contributed by atoms with Gasteiger partial charge in [-0.3, -0.25) is 24.5 Å². The zero-order valence-electron chi connectivity index (χ0n) is 21.4. The smallest absolute Gasteiger partial charge is 0.269 e. The minimum absolute atomic E-state index is 0.130. The normalized spacial score (nSPS) is 21.5. The quantitative estimate of drug-likeness (QED) is 0.112. The van der Waals surface area contributed by atoms with E-state index < -0.39 is 28.3 Å². The molecule has 200 valence electrons. The highest BCUT2D eigenvalue weighted by Gasteiger charge is 2.71. The van der Waals surface area contributed by atoms with Crippen LogP contribution in [-0.2, 0) is 0 Å². The number of rotatable bonds is 4. The number of hydrogen-bond donors (Lipinski definition) is 0. The molecule has 7 rings (SSSR count). The van der Waals surface area contributed by atoms with E-state index in [1.807, 2.05) is 65.6 Å². The Morgan fingerprint density at radius 2 is 1.44 bits per heavy atom. The van der Waals surface area contributed by atoms with Gasteiger partial charge in [-0.15, -0.1) is 0 Å². The van der Waals surface area contributed by atoms with Gasteiger partial charge in [0.25, 0.3) is 5.69 Å². The molecule has 1 aliphatic carbocycles. The lowest BCUT2D eigenvalue weighted by atomic mass is 9.64. The molecule has 2 aliphatic heterocycles. The SMILES string of the molecule is O=C(c1ccc([N+](=O)[O-])cc1)C1C(c2ccc(Br)cc2)C2(C(=O)c3ccccc3C2=O)C2C=Cc3ccccc3N12. The van der Waals surface area contributed by atoms with Crippen molar-refractivity contribution in [1.29, 1.82) is 0 Å². The largest absolute Gasteiger partial charge is 0.352 e. The number of nitro benzene ring substituents is 1. The van der Waals surface area contributed by atoms with E-state index in [0.717, 1.165) is 15.7 Å². The first-order valence-corrected chi connectivity index (χ1v) is 13.9. The molecule has 4 aromatic rings. The number of nitrogens with zero attached hydrogens (tertiary/aromatic N) is 2. The van der Waals surface area contributed by atoms with Crippen molar-refractivity contribution in [2.45, 2.75) is 18.0 Å². The van der Waals surface area contributed by atoms with Crippen molar-refractivity contribution in [3.8, 4) is 0 Å². The highest BCUT2D eigenvalue weighted by atomic mass is 79.9. The molecule has 1 spiro atoms. The lowest BCUT2D eigenvalue weighted by Gasteiger charge is -2.37. The number of fused-ring (bicyclic) bond motifs is 5. The molecule has 0 N–H and O–H groups in total. The number of hydrogen-bond acceptors (Lipinski definition) is 6.